The highest BCUT2D eigenvalue weighted by molar-refractivity contribution is 7.98. The smallest absolute Gasteiger partial charge is 0.406 e. The first-order valence-electron chi connectivity index (χ1n) is 5.25. The zero-order valence-electron chi connectivity index (χ0n) is 9.89. The molecular formula is C11H10F3N3OS. The maximum Gasteiger partial charge on any atom is 0.573 e. The molecule has 0 aliphatic rings. The van der Waals surface area contributed by atoms with Crippen molar-refractivity contribution >= 4 is 11.8 Å². The number of hydrogen-bond acceptors (Lipinski definition) is 4. The molecule has 0 spiro atoms. The molecule has 0 aliphatic heterocycles. The minimum absolute atomic E-state index is 0.222. The average molecular weight is 289 g/mol. The van der Waals surface area contributed by atoms with E-state index in [0.717, 1.165) is 10.7 Å². The summed E-state index contributed by atoms with van der Waals surface area (Å²) >= 11 is 1.45. The predicted molar refractivity (Wildman–Crippen MR) is 63.7 cm³/mol. The maximum absolute atomic E-state index is 12.0. The summed E-state index contributed by atoms with van der Waals surface area (Å²) in [6.45, 7) is 0. The van der Waals surface area contributed by atoms with E-state index >= 15 is 0 Å². The van der Waals surface area contributed by atoms with Gasteiger partial charge in [-0.3, -0.25) is 0 Å². The van der Waals surface area contributed by atoms with Crippen LogP contribution in [0.3, 0.4) is 0 Å². The number of aryl methyl sites for hydroxylation is 1. The van der Waals surface area contributed by atoms with E-state index in [9.17, 15) is 13.2 Å². The van der Waals surface area contributed by atoms with Gasteiger partial charge in [0.05, 0.1) is 0 Å². The fourth-order valence-electron chi connectivity index (χ4n) is 1.34. The number of thioether (sulfide) groups is 1. The Balaban J connectivity index is 1.94. The van der Waals surface area contributed by atoms with Gasteiger partial charge in [0.2, 0.25) is 0 Å². The number of aromatic nitrogens is 3. The van der Waals surface area contributed by atoms with Gasteiger partial charge in [0.1, 0.15) is 12.1 Å². The second-order valence-corrected chi connectivity index (χ2v) is 4.65. The summed E-state index contributed by atoms with van der Waals surface area (Å²) in [6.07, 6.45) is -3.07. The van der Waals surface area contributed by atoms with Crippen molar-refractivity contribution in [1.29, 1.82) is 0 Å². The number of nitrogens with zero attached hydrogens (tertiary/aromatic N) is 3. The van der Waals surface area contributed by atoms with Gasteiger partial charge in [-0.05, 0) is 17.7 Å². The second kappa shape index (κ2) is 5.52. The molecule has 2 rings (SSSR count). The third kappa shape index (κ3) is 4.16. The zero-order valence-corrected chi connectivity index (χ0v) is 10.7. The largest absolute Gasteiger partial charge is 0.573 e. The van der Waals surface area contributed by atoms with Crippen molar-refractivity contribution < 1.29 is 17.9 Å². The Morgan fingerprint density at radius 3 is 2.47 bits per heavy atom. The number of hydrogen-bond donors (Lipinski definition) is 0. The normalized spacial score (nSPS) is 11.6. The monoisotopic (exact) mass is 289 g/mol. The third-order valence-corrected chi connectivity index (χ3v) is 3.30. The highest BCUT2D eigenvalue weighted by Crippen LogP contribution is 2.25. The van der Waals surface area contributed by atoms with Crippen molar-refractivity contribution in [3.05, 3.63) is 36.2 Å². The van der Waals surface area contributed by atoms with Gasteiger partial charge in [-0.1, -0.05) is 23.9 Å². The van der Waals surface area contributed by atoms with Gasteiger partial charge in [-0.15, -0.1) is 23.4 Å². The van der Waals surface area contributed by atoms with E-state index in [4.69, 9.17) is 0 Å². The van der Waals surface area contributed by atoms with E-state index in [1.165, 1.54) is 23.9 Å². The lowest BCUT2D eigenvalue weighted by Gasteiger charge is -2.09. The van der Waals surface area contributed by atoms with Crippen LogP contribution in [0.25, 0.3) is 0 Å². The van der Waals surface area contributed by atoms with E-state index in [2.05, 4.69) is 14.9 Å². The van der Waals surface area contributed by atoms with Crippen LogP contribution < -0.4 is 4.74 Å². The molecule has 0 bridgehead atoms. The fourth-order valence-corrected chi connectivity index (χ4v) is 2.18. The minimum atomic E-state index is -4.66. The number of ether oxygens (including phenoxy) is 1. The molecule has 102 valence electrons. The molecule has 2 aromatic rings. The van der Waals surface area contributed by atoms with Crippen molar-refractivity contribution in [3.63, 3.8) is 0 Å². The van der Waals surface area contributed by atoms with E-state index in [1.54, 1.807) is 23.0 Å². The van der Waals surface area contributed by atoms with Crippen LogP contribution in [0.15, 0.2) is 35.7 Å². The van der Waals surface area contributed by atoms with Crippen LogP contribution in [0, 0.1) is 0 Å². The van der Waals surface area contributed by atoms with E-state index < -0.39 is 6.36 Å². The molecule has 0 fully saturated rings. The van der Waals surface area contributed by atoms with Crippen LogP contribution in [-0.4, -0.2) is 21.1 Å². The summed E-state index contributed by atoms with van der Waals surface area (Å²) in [5.41, 5.74) is 0.877. The SMILES string of the molecule is Cn1cnnc1SCc1ccc(OC(F)(F)F)cc1. The van der Waals surface area contributed by atoms with Crippen molar-refractivity contribution in [2.75, 3.05) is 0 Å². The standard InChI is InChI=1S/C11H10F3N3OS/c1-17-7-15-16-10(17)19-6-8-2-4-9(5-3-8)18-11(12,13)14/h2-5,7H,6H2,1H3. The molecule has 8 heteroatoms. The van der Waals surface area contributed by atoms with Crippen LogP contribution in [0.1, 0.15) is 5.56 Å². The summed E-state index contributed by atoms with van der Waals surface area (Å²) < 4.78 is 41.5. The first kappa shape index (κ1) is 13.7. The Morgan fingerprint density at radius 2 is 1.95 bits per heavy atom. The molecule has 0 saturated heterocycles. The summed E-state index contributed by atoms with van der Waals surface area (Å²) in [4.78, 5) is 0. The fraction of sp³-hybridized carbons (Fsp3) is 0.273. The number of rotatable bonds is 4. The van der Waals surface area contributed by atoms with E-state index in [0.29, 0.717) is 5.75 Å². The number of halogens is 3. The van der Waals surface area contributed by atoms with Crippen LogP contribution >= 0.6 is 11.8 Å². The van der Waals surface area contributed by atoms with E-state index in [1.807, 2.05) is 7.05 Å². The van der Waals surface area contributed by atoms with Gasteiger partial charge >= 0.3 is 6.36 Å². The molecule has 0 N–H and O–H groups in total. The van der Waals surface area contributed by atoms with Gasteiger partial charge < -0.3 is 9.30 Å². The molecule has 0 radical (unpaired) electrons. The summed E-state index contributed by atoms with van der Waals surface area (Å²) in [7, 11) is 1.82. The first-order valence-corrected chi connectivity index (χ1v) is 6.24. The Labute approximate surface area is 111 Å². The lowest BCUT2D eigenvalue weighted by molar-refractivity contribution is -0.274. The van der Waals surface area contributed by atoms with Gasteiger partial charge in [0.25, 0.3) is 0 Å². The quantitative estimate of drug-likeness (QED) is 0.811. The predicted octanol–water partition coefficient (Wildman–Crippen LogP) is 3.01. The van der Waals surface area contributed by atoms with Crippen molar-refractivity contribution in [3.8, 4) is 5.75 Å². The summed E-state index contributed by atoms with van der Waals surface area (Å²) in [5.74, 6) is 0.374. The van der Waals surface area contributed by atoms with Crippen molar-refractivity contribution in [2.45, 2.75) is 17.3 Å². The Hall–Kier alpha value is -1.70. The Kier molecular flexibility index (Phi) is 3.98. The van der Waals surface area contributed by atoms with Crippen LogP contribution in [0.4, 0.5) is 13.2 Å². The van der Waals surface area contributed by atoms with Crippen molar-refractivity contribution in [1.82, 2.24) is 14.8 Å². The highest BCUT2D eigenvalue weighted by atomic mass is 32.2. The Morgan fingerprint density at radius 1 is 1.26 bits per heavy atom. The maximum atomic E-state index is 12.0. The molecule has 1 aromatic heterocycles. The molecule has 0 amide bonds. The highest BCUT2D eigenvalue weighted by Gasteiger charge is 2.30. The van der Waals surface area contributed by atoms with Crippen LogP contribution in [0.2, 0.25) is 0 Å². The molecule has 1 heterocycles. The first-order chi connectivity index (χ1) is 8.94. The minimum Gasteiger partial charge on any atom is -0.406 e. The molecule has 19 heavy (non-hydrogen) atoms. The molecule has 0 atom stereocenters. The lowest BCUT2D eigenvalue weighted by atomic mass is 10.2. The Bertz CT molecular complexity index is 539. The lowest BCUT2D eigenvalue weighted by Crippen LogP contribution is -2.16. The van der Waals surface area contributed by atoms with Crippen LogP contribution in [0.5, 0.6) is 5.75 Å². The second-order valence-electron chi connectivity index (χ2n) is 3.70. The van der Waals surface area contributed by atoms with Gasteiger partial charge in [-0.2, -0.15) is 0 Å². The zero-order chi connectivity index (χ0) is 13.9. The van der Waals surface area contributed by atoms with Gasteiger partial charge in [0.15, 0.2) is 5.16 Å². The molecule has 1 aromatic carbocycles. The van der Waals surface area contributed by atoms with Gasteiger partial charge in [0, 0.05) is 12.8 Å². The summed E-state index contributed by atoms with van der Waals surface area (Å²) in [6, 6.07) is 5.76. The molecule has 0 saturated carbocycles. The number of alkyl halides is 3. The summed E-state index contributed by atoms with van der Waals surface area (Å²) in [5, 5.41) is 8.38. The van der Waals surface area contributed by atoms with Gasteiger partial charge in [-0.25, -0.2) is 0 Å². The topological polar surface area (TPSA) is 39.9 Å². The molecular weight excluding hydrogens is 279 g/mol. The molecule has 4 nitrogen and oxygen atoms in total. The average Bonchev–Trinajstić information content (AvgIpc) is 2.72. The van der Waals surface area contributed by atoms with Crippen LogP contribution in [-0.2, 0) is 12.8 Å². The molecule has 0 unspecified atom stereocenters. The van der Waals surface area contributed by atoms with E-state index in [-0.39, 0.29) is 5.75 Å². The number of benzene rings is 1. The third-order valence-electron chi connectivity index (χ3n) is 2.19. The molecule has 0 aliphatic carbocycles. The van der Waals surface area contributed by atoms with Crippen molar-refractivity contribution in [2.24, 2.45) is 7.05 Å².